The Kier molecular flexibility index (Phi) is 3.69. The molecule has 2 N–H and O–H groups in total. The molecule has 4 heteroatoms. The van der Waals surface area contributed by atoms with E-state index in [0.29, 0.717) is 0 Å². The molecule has 1 aliphatic heterocycles. The first-order chi connectivity index (χ1) is 6.15. The first-order valence-electron chi connectivity index (χ1n) is 4.79. The van der Waals surface area contributed by atoms with Gasteiger partial charge in [-0.1, -0.05) is 0 Å². The second kappa shape index (κ2) is 4.58. The zero-order chi connectivity index (χ0) is 9.84. The average Bonchev–Trinajstić information content (AvgIpc) is 2.17. The number of hydrogen-bond acceptors (Lipinski definition) is 3. The summed E-state index contributed by atoms with van der Waals surface area (Å²) in [6, 6.07) is -0.0718. The molecule has 76 valence electrons. The van der Waals surface area contributed by atoms with Crippen LogP contribution in [0.3, 0.4) is 0 Å². The van der Waals surface area contributed by atoms with Gasteiger partial charge in [0.25, 0.3) is 0 Å². The smallest absolute Gasteiger partial charge is 0.236 e. The Hall–Kier alpha value is -0.610. The molecule has 4 nitrogen and oxygen atoms in total. The number of likely N-dealkylation sites (N-methyl/N-ethyl adjacent to an activating group) is 1. The molecule has 1 unspecified atom stereocenters. The SMILES string of the molecule is CNC(=O)C(C)N1CCC(O)CC1. The van der Waals surface area contributed by atoms with Crippen molar-refractivity contribution in [1.82, 2.24) is 10.2 Å². The summed E-state index contributed by atoms with van der Waals surface area (Å²) in [6.45, 7) is 3.53. The van der Waals surface area contributed by atoms with Gasteiger partial charge in [0.15, 0.2) is 0 Å². The maximum atomic E-state index is 11.3. The number of carbonyl (C=O) groups is 1. The van der Waals surface area contributed by atoms with Crippen molar-refractivity contribution in [2.45, 2.75) is 31.9 Å². The van der Waals surface area contributed by atoms with Crippen LogP contribution in [0.1, 0.15) is 19.8 Å². The van der Waals surface area contributed by atoms with E-state index in [1.165, 1.54) is 0 Å². The number of amides is 1. The molecule has 13 heavy (non-hydrogen) atoms. The minimum absolute atomic E-state index is 0.0522. The van der Waals surface area contributed by atoms with E-state index in [4.69, 9.17) is 0 Å². The summed E-state index contributed by atoms with van der Waals surface area (Å²) >= 11 is 0. The molecule has 0 aromatic carbocycles. The number of nitrogens with one attached hydrogen (secondary N) is 1. The van der Waals surface area contributed by atoms with Gasteiger partial charge < -0.3 is 10.4 Å². The fourth-order valence-electron chi connectivity index (χ4n) is 1.65. The van der Waals surface area contributed by atoms with Crippen LogP contribution in [-0.4, -0.2) is 48.2 Å². The molecule has 0 aromatic rings. The van der Waals surface area contributed by atoms with Gasteiger partial charge in [0.05, 0.1) is 12.1 Å². The molecule has 0 aliphatic carbocycles. The zero-order valence-electron chi connectivity index (χ0n) is 8.29. The Labute approximate surface area is 78.9 Å². The van der Waals surface area contributed by atoms with Gasteiger partial charge in [0.1, 0.15) is 0 Å². The fourth-order valence-corrected chi connectivity index (χ4v) is 1.65. The van der Waals surface area contributed by atoms with Gasteiger partial charge in [0.2, 0.25) is 5.91 Å². The van der Waals surface area contributed by atoms with E-state index in [0.717, 1.165) is 25.9 Å². The summed E-state index contributed by atoms with van der Waals surface area (Å²) in [7, 11) is 1.65. The Morgan fingerprint density at radius 2 is 2.08 bits per heavy atom. The molecule has 1 heterocycles. The first kappa shape index (κ1) is 10.5. The van der Waals surface area contributed by atoms with Crippen LogP contribution >= 0.6 is 0 Å². The highest BCUT2D eigenvalue weighted by atomic mass is 16.3. The molecular weight excluding hydrogens is 168 g/mol. The molecule has 0 bridgehead atoms. The number of carbonyl (C=O) groups excluding carboxylic acids is 1. The van der Waals surface area contributed by atoms with Crippen molar-refractivity contribution in [3.63, 3.8) is 0 Å². The predicted octanol–water partition coefficient (Wildman–Crippen LogP) is -0.422. The number of hydrogen-bond donors (Lipinski definition) is 2. The molecule has 0 radical (unpaired) electrons. The van der Waals surface area contributed by atoms with Crippen molar-refractivity contribution in [1.29, 1.82) is 0 Å². The molecule has 1 aliphatic rings. The van der Waals surface area contributed by atoms with Crippen LogP contribution < -0.4 is 5.32 Å². The van der Waals surface area contributed by atoms with E-state index >= 15 is 0 Å². The average molecular weight is 186 g/mol. The lowest BCUT2D eigenvalue weighted by atomic mass is 10.1. The van der Waals surface area contributed by atoms with Crippen LogP contribution in [0.5, 0.6) is 0 Å². The lowest BCUT2D eigenvalue weighted by molar-refractivity contribution is -0.126. The zero-order valence-corrected chi connectivity index (χ0v) is 8.29. The normalized spacial score (nSPS) is 22.7. The number of likely N-dealkylation sites (tertiary alicyclic amines) is 1. The van der Waals surface area contributed by atoms with E-state index in [-0.39, 0.29) is 18.1 Å². The predicted molar refractivity (Wildman–Crippen MR) is 50.3 cm³/mol. The third-order valence-corrected chi connectivity index (χ3v) is 2.67. The second-order valence-electron chi connectivity index (χ2n) is 3.56. The Morgan fingerprint density at radius 3 is 2.54 bits per heavy atom. The summed E-state index contributed by atoms with van der Waals surface area (Å²) in [6.07, 6.45) is 1.39. The van der Waals surface area contributed by atoms with Gasteiger partial charge in [0, 0.05) is 20.1 Å². The van der Waals surface area contributed by atoms with Crippen molar-refractivity contribution < 1.29 is 9.90 Å². The quantitative estimate of drug-likeness (QED) is 0.615. The summed E-state index contributed by atoms with van der Waals surface area (Å²) in [4.78, 5) is 13.4. The van der Waals surface area contributed by atoms with Crippen molar-refractivity contribution in [3.8, 4) is 0 Å². The summed E-state index contributed by atoms with van der Waals surface area (Å²) in [5.41, 5.74) is 0. The molecule has 1 rings (SSSR count). The van der Waals surface area contributed by atoms with Crippen LogP contribution in [0.4, 0.5) is 0 Å². The minimum atomic E-state index is -0.173. The van der Waals surface area contributed by atoms with E-state index in [1.807, 2.05) is 6.92 Å². The molecule has 0 saturated carbocycles. The van der Waals surface area contributed by atoms with Crippen LogP contribution in [0.25, 0.3) is 0 Å². The standard InChI is InChI=1S/C9H18N2O2/c1-7(9(13)10-2)11-5-3-8(12)4-6-11/h7-8,12H,3-6H2,1-2H3,(H,10,13). The number of piperidine rings is 1. The van der Waals surface area contributed by atoms with E-state index < -0.39 is 0 Å². The summed E-state index contributed by atoms with van der Waals surface area (Å²) in [5.74, 6) is 0.0522. The number of aliphatic hydroxyl groups is 1. The molecule has 1 fully saturated rings. The molecule has 1 atom stereocenters. The molecule has 1 amide bonds. The molecule has 1 saturated heterocycles. The highest BCUT2D eigenvalue weighted by Gasteiger charge is 2.24. The van der Waals surface area contributed by atoms with Gasteiger partial charge in [-0.3, -0.25) is 9.69 Å². The topological polar surface area (TPSA) is 52.6 Å². The number of aliphatic hydroxyl groups excluding tert-OH is 1. The maximum Gasteiger partial charge on any atom is 0.236 e. The Bertz CT molecular complexity index is 176. The minimum Gasteiger partial charge on any atom is -0.393 e. The third kappa shape index (κ3) is 2.67. The molecule has 0 aromatic heterocycles. The van der Waals surface area contributed by atoms with Gasteiger partial charge >= 0.3 is 0 Å². The monoisotopic (exact) mass is 186 g/mol. The van der Waals surface area contributed by atoms with Gasteiger partial charge in [-0.05, 0) is 19.8 Å². The van der Waals surface area contributed by atoms with Crippen LogP contribution in [0.2, 0.25) is 0 Å². The lowest BCUT2D eigenvalue weighted by Gasteiger charge is -2.33. The van der Waals surface area contributed by atoms with Gasteiger partial charge in [-0.2, -0.15) is 0 Å². The van der Waals surface area contributed by atoms with E-state index in [9.17, 15) is 9.90 Å². The van der Waals surface area contributed by atoms with Gasteiger partial charge in [-0.25, -0.2) is 0 Å². The van der Waals surface area contributed by atoms with Crippen molar-refractivity contribution in [3.05, 3.63) is 0 Å². The van der Waals surface area contributed by atoms with Crippen molar-refractivity contribution in [2.75, 3.05) is 20.1 Å². The van der Waals surface area contributed by atoms with E-state index in [2.05, 4.69) is 10.2 Å². The third-order valence-electron chi connectivity index (χ3n) is 2.67. The molecule has 0 spiro atoms. The largest absolute Gasteiger partial charge is 0.393 e. The lowest BCUT2D eigenvalue weighted by Crippen LogP contribution is -2.48. The Balaban J connectivity index is 2.39. The maximum absolute atomic E-state index is 11.3. The number of rotatable bonds is 2. The van der Waals surface area contributed by atoms with Crippen LogP contribution in [0.15, 0.2) is 0 Å². The van der Waals surface area contributed by atoms with Crippen molar-refractivity contribution >= 4 is 5.91 Å². The highest BCUT2D eigenvalue weighted by molar-refractivity contribution is 5.80. The van der Waals surface area contributed by atoms with Gasteiger partial charge in [-0.15, -0.1) is 0 Å². The van der Waals surface area contributed by atoms with Crippen LogP contribution in [0, 0.1) is 0 Å². The van der Waals surface area contributed by atoms with Crippen molar-refractivity contribution in [2.24, 2.45) is 0 Å². The van der Waals surface area contributed by atoms with E-state index in [1.54, 1.807) is 7.05 Å². The fraction of sp³-hybridized carbons (Fsp3) is 0.889. The molecular formula is C9H18N2O2. The van der Waals surface area contributed by atoms with Crippen LogP contribution in [-0.2, 0) is 4.79 Å². The second-order valence-corrected chi connectivity index (χ2v) is 3.56. The highest BCUT2D eigenvalue weighted by Crippen LogP contribution is 2.12. The summed E-state index contributed by atoms with van der Waals surface area (Å²) in [5, 5.41) is 11.9. The summed E-state index contributed by atoms with van der Waals surface area (Å²) < 4.78 is 0. The Morgan fingerprint density at radius 1 is 1.54 bits per heavy atom. The first-order valence-corrected chi connectivity index (χ1v) is 4.79. The number of nitrogens with zero attached hydrogens (tertiary/aromatic N) is 1.